The average molecular weight is 457 g/mol. The molecule has 2 aromatic rings. The summed E-state index contributed by atoms with van der Waals surface area (Å²) < 4.78 is 1.56. The van der Waals surface area contributed by atoms with E-state index < -0.39 is 0 Å². The molecule has 0 atom stereocenters. The Morgan fingerprint density at radius 1 is 1.21 bits per heavy atom. The number of hydrogen-bond donors (Lipinski definition) is 2. The van der Waals surface area contributed by atoms with E-state index in [1.165, 1.54) is 11.8 Å². The number of nitrogen functional groups attached to an aromatic ring is 1. The first-order valence-corrected chi connectivity index (χ1v) is 11.2. The van der Waals surface area contributed by atoms with Crippen LogP contribution in [0.15, 0.2) is 32.8 Å². The monoisotopic (exact) mass is 456 g/mol. The van der Waals surface area contributed by atoms with Gasteiger partial charge in [-0.2, -0.15) is 4.98 Å². The van der Waals surface area contributed by atoms with Gasteiger partial charge >= 0.3 is 0 Å². The number of rotatable bonds is 6. The predicted octanol–water partition coefficient (Wildman–Crippen LogP) is 2.68. The van der Waals surface area contributed by atoms with Crippen molar-refractivity contribution in [3.8, 4) is 0 Å². The lowest BCUT2D eigenvalue weighted by molar-refractivity contribution is 0.291. The largest absolute Gasteiger partial charge is 0.382 e. The summed E-state index contributed by atoms with van der Waals surface area (Å²) in [4.78, 5) is 23.2. The van der Waals surface area contributed by atoms with Crippen molar-refractivity contribution in [2.45, 2.75) is 22.6 Å². The molecule has 1 saturated heterocycles. The van der Waals surface area contributed by atoms with Gasteiger partial charge in [-0.3, -0.25) is 9.36 Å². The van der Waals surface area contributed by atoms with E-state index in [0.717, 1.165) is 45.6 Å². The van der Waals surface area contributed by atoms with Crippen LogP contribution in [0.25, 0.3) is 0 Å². The van der Waals surface area contributed by atoms with Gasteiger partial charge in [-0.05, 0) is 44.6 Å². The van der Waals surface area contributed by atoms with Crippen LogP contribution in [0.2, 0.25) is 10.0 Å². The van der Waals surface area contributed by atoms with Crippen molar-refractivity contribution in [1.29, 1.82) is 0 Å². The van der Waals surface area contributed by atoms with Crippen LogP contribution >= 0.6 is 35.0 Å². The maximum absolute atomic E-state index is 13.0. The van der Waals surface area contributed by atoms with Crippen molar-refractivity contribution in [2.24, 2.45) is 12.8 Å². The van der Waals surface area contributed by atoms with Crippen LogP contribution in [-0.2, 0) is 7.05 Å². The Labute approximate surface area is 185 Å². The first kappa shape index (κ1) is 22.2. The summed E-state index contributed by atoms with van der Waals surface area (Å²) >= 11 is 13.5. The second-order valence-electron chi connectivity index (χ2n) is 6.97. The van der Waals surface area contributed by atoms with Gasteiger partial charge in [0.1, 0.15) is 10.7 Å². The lowest BCUT2D eigenvalue weighted by atomic mass is 10.3. The maximum Gasteiger partial charge on any atom is 0.270 e. The lowest BCUT2D eigenvalue weighted by Gasteiger charge is -2.25. The van der Waals surface area contributed by atoms with Crippen molar-refractivity contribution in [1.82, 2.24) is 14.5 Å². The smallest absolute Gasteiger partial charge is 0.270 e. The average Bonchev–Trinajstić information content (AvgIpc) is 2.95. The van der Waals surface area contributed by atoms with Crippen molar-refractivity contribution >= 4 is 46.7 Å². The molecule has 1 aromatic heterocycles. The van der Waals surface area contributed by atoms with Crippen LogP contribution in [-0.4, -0.2) is 53.7 Å². The predicted molar refractivity (Wildman–Crippen MR) is 121 cm³/mol. The molecule has 1 fully saturated rings. The van der Waals surface area contributed by atoms with E-state index in [-0.39, 0.29) is 11.4 Å². The quantitative estimate of drug-likeness (QED) is 0.689. The first-order valence-electron chi connectivity index (χ1n) is 9.58. The van der Waals surface area contributed by atoms with Gasteiger partial charge in [0, 0.05) is 31.6 Å². The highest BCUT2D eigenvalue weighted by atomic mass is 35.5. The van der Waals surface area contributed by atoms with Crippen molar-refractivity contribution in [3.05, 3.63) is 38.6 Å². The van der Waals surface area contributed by atoms with Crippen LogP contribution in [0.4, 0.5) is 11.8 Å². The minimum absolute atomic E-state index is 0.197. The number of nitrogens with two attached hydrogens (primary N) is 2. The number of anilines is 2. The molecular formula is C19H26Cl2N6OS. The number of benzene rings is 1. The molecule has 0 aliphatic carbocycles. The van der Waals surface area contributed by atoms with Gasteiger partial charge in [0.05, 0.1) is 10.0 Å². The fraction of sp³-hybridized carbons (Fsp3) is 0.474. The molecule has 0 spiro atoms. The van der Waals surface area contributed by atoms with Crippen molar-refractivity contribution < 1.29 is 0 Å². The zero-order valence-corrected chi connectivity index (χ0v) is 18.7. The van der Waals surface area contributed by atoms with Crippen LogP contribution in [0, 0.1) is 0 Å². The molecule has 2 heterocycles. The Morgan fingerprint density at radius 2 is 2.00 bits per heavy atom. The Morgan fingerprint density at radius 3 is 2.76 bits per heavy atom. The molecule has 0 amide bonds. The summed E-state index contributed by atoms with van der Waals surface area (Å²) in [6.45, 7) is 5.23. The van der Waals surface area contributed by atoms with E-state index in [1.54, 1.807) is 29.8 Å². The molecule has 0 radical (unpaired) electrons. The van der Waals surface area contributed by atoms with Crippen molar-refractivity contribution in [3.63, 3.8) is 0 Å². The second-order valence-corrected chi connectivity index (χ2v) is 8.81. The zero-order valence-electron chi connectivity index (χ0n) is 16.4. The molecule has 1 aliphatic heterocycles. The number of halogens is 2. The molecule has 3 rings (SSSR count). The fourth-order valence-corrected chi connectivity index (χ4v) is 4.76. The summed E-state index contributed by atoms with van der Waals surface area (Å²) in [5, 5.41) is 0.829. The minimum Gasteiger partial charge on any atom is -0.382 e. The zero-order chi connectivity index (χ0) is 21.0. The van der Waals surface area contributed by atoms with Gasteiger partial charge in [-0.15, -0.1) is 0 Å². The Kier molecular flexibility index (Phi) is 7.70. The van der Waals surface area contributed by atoms with E-state index in [2.05, 4.69) is 14.8 Å². The molecule has 1 aromatic carbocycles. The highest BCUT2D eigenvalue weighted by molar-refractivity contribution is 7.99. The van der Waals surface area contributed by atoms with Gasteiger partial charge < -0.3 is 21.3 Å². The highest BCUT2D eigenvalue weighted by Crippen LogP contribution is 2.37. The minimum atomic E-state index is -0.197. The van der Waals surface area contributed by atoms with Crippen LogP contribution in [0.3, 0.4) is 0 Å². The number of aromatic nitrogens is 2. The van der Waals surface area contributed by atoms with Gasteiger partial charge in [0.25, 0.3) is 5.56 Å². The van der Waals surface area contributed by atoms with Crippen LogP contribution in [0.5, 0.6) is 0 Å². The second kappa shape index (κ2) is 10.0. The van der Waals surface area contributed by atoms with E-state index in [1.807, 2.05) is 0 Å². The van der Waals surface area contributed by atoms with Crippen LogP contribution < -0.4 is 21.9 Å². The molecule has 29 heavy (non-hydrogen) atoms. The van der Waals surface area contributed by atoms with Gasteiger partial charge in [-0.1, -0.05) is 41.0 Å². The van der Waals surface area contributed by atoms with E-state index >= 15 is 0 Å². The molecule has 0 unspecified atom stereocenters. The summed E-state index contributed by atoms with van der Waals surface area (Å²) in [7, 11) is 1.73. The number of hydrogen-bond acceptors (Lipinski definition) is 7. The van der Waals surface area contributed by atoms with Gasteiger partial charge in [-0.25, -0.2) is 0 Å². The summed E-state index contributed by atoms with van der Waals surface area (Å²) in [5.74, 6) is 0.795. The Bertz CT molecular complexity index is 922. The molecule has 4 N–H and O–H groups in total. The van der Waals surface area contributed by atoms with Crippen LogP contribution in [0.1, 0.15) is 12.8 Å². The molecule has 0 bridgehead atoms. The third kappa shape index (κ3) is 5.19. The molecule has 1 aliphatic rings. The standard InChI is InChI=1S/C19H26Cl2N6OS/c1-25-18(28)16(29-14-6-2-5-13(20)15(14)21)17(23)24-19(25)27-10-4-9-26(11-12-27)8-3-7-22/h2,5-6H,3-4,7-12,22-23H2,1H3. The maximum atomic E-state index is 13.0. The normalized spacial score (nSPS) is 15.5. The topological polar surface area (TPSA) is 93.4 Å². The highest BCUT2D eigenvalue weighted by Gasteiger charge is 2.22. The third-order valence-corrected chi connectivity index (χ3v) is 7.01. The molecule has 10 heteroatoms. The third-order valence-electron chi connectivity index (χ3n) is 4.93. The fourth-order valence-electron chi connectivity index (χ4n) is 3.35. The Balaban J connectivity index is 1.84. The summed E-state index contributed by atoms with van der Waals surface area (Å²) in [5.41, 5.74) is 11.6. The summed E-state index contributed by atoms with van der Waals surface area (Å²) in [6, 6.07) is 5.29. The first-order chi connectivity index (χ1) is 13.9. The SMILES string of the molecule is Cn1c(N2CCCN(CCCN)CC2)nc(N)c(Sc2cccc(Cl)c2Cl)c1=O. The van der Waals surface area contributed by atoms with E-state index in [0.29, 0.717) is 32.3 Å². The Hall–Kier alpha value is -1.45. The number of nitrogens with zero attached hydrogens (tertiary/aromatic N) is 4. The lowest BCUT2D eigenvalue weighted by Crippen LogP contribution is -2.36. The molecule has 7 nitrogen and oxygen atoms in total. The van der Waals surface area contributed by atoms with E-state index in [4.69, 9.17) is 34.7 Å². The van der Waals surface area contributed by atoms with Gasteiger partial charge in [0.2, 0.25) is 5.95 Å². The molecular weight excluding hydrogens is 431 g/mol. The van der Waals surface area contributed by atoms with Crippen molar-refractivity contribution in [2.75, 3.05) is 49.9 Å². The van der Waals surface area contributed by atoms with E-state index in [9.17, 15) is 4.79 Å². The molecule has 0 saturated carbocycles. The van der Waals surface area contributed by atoms with Gasteiger partial charge in [0.15, 0.2) is 0 Å². The summed E-state index contributed by atoms with van der Waals surface area (Å²) in [6.07, 6.45) is 1.98. The molecule has 158 valence electrons.